The van der Waals surface area contributed by atoms with Crippen molar-refractivity contribution in [1.29, 1.82) is 0 Å². The van der Waals surface area contributed by atoms with Crippen molar-refractivity contribution in [3.63, 3.8) is 0 Å². The number of nitrogens with zero attached hydrogens (tertiary/aromatic N) is 1. The molecule has 1 aliphatic rings. The van der Waals surface area contributed by atoms with Crippen molar-refractivity contribution in [3.8, 4) is 0 Å². The maximum Gasteiger partial charge on any atom is 0.253 e. The van der Waals surface area contributed by atoms with E-state index in [1.807, 2.05) is 49.1 Å². The Morgan fingerprint density at radius 2 is 1.84 bits per heavy atom. The highest BCUT2D eigenvalue weighted by Crippen LogP contribution is 2.23. The van der Waals surface area contributed by atoms with E-state index in [4.69, 9.17) is 0 Å². The predicted octanol–water partition coefficient (Wildman–Crippen LogP) is 2.45. The Morgan fingerprint density at radius 1 is 1.24 bits per heavy atom. The summed E-state index contributed by atoms with van der Waals surface area (Å²) in [4.78, 5) is 26.7. The second kappa shape index (κ2) is 8.48. The van der Waals surface area contributed by atoms with Gasteiger partial charge in [0.25, 0.3) is 5.91 Å². The van der Waals surface area contributed by atoms with Gasteiger partial charge in [0.15, 0.2) is 0 Å². The SMILES string of the molecule is CC(O)CC(C)(C)CNC(=O)C1CCN(C(=O)c2ccccc2)CC1. The summed E-state index contributed by atoms with van der Waals surface area (Å²) in [6, 6.07) is 9.27. The van der Waals surface area contributed by atoms with Crippen molar-refractivity contribution in [2.24, 2.45) is 11.3 Å². The van der Waals surface area contributed by atoms with Crippen LogP contribution in [0.3, 0.4) is 0 Å². The number of amides is 2. The van der Waals surface area contributed by atoms with Gasteiger partial charge >= 0.3 is 0 Å². The minimum Gasteiger partial charge on any atom is -0.393 e. The summed E-state index contributed by atoms with van der Waals surface area (Å²) in [7, 11) is 0. The van der Waals surface area contributed by atoms with Crippen molar-refractivity contribution in [2.45, 2.75) is 46.1 Å². The Kier molecular flexibility index (Phi) is 6.59. The Balaban J connectivity index is 1.79. The van der Waals surface area contributed by atoms with Crippen molar-refractivity contribution >= 4 is 11.8 Å². The summed E-state index contributed by atoms with van der Waals surface area (Å²) in [6.07, 6.45) is 1.67. The van der Waals surface area contributed by atoms with E-state index >= 15 is 0 Å². The maximum absolute atomic E-state index is 12.4. The predicted molar refractivity (Wildman–Crippen MR) is 98.2 cm³/mol. The van der Waals surface area contributed by atoms with Gasteiger partial charge in [-0.25, -0.2) is 0 Å². The fourth-order valence-corrected chi connectivity index (χ4v) is 3.45. The molecule has 1 aromatic carbocycles. The zero-order valence-corrected chi connectivity index (χ0v) is 15.5. The van der Waals surface area contributed by atoms with Crippen LogP contribution in [0.2, 0.25) is 0 Å². The minimum atomic E-state index is -0.376. The largest absolute Gasteiger partial charge is 0.393 e. The van der Waals surface area contributed by atoms with Crippen LogP contribution in [0.25, 0.3) is 0 Å². The molecule has 2 amide bonds. The molecule has 2 N–H and O–H groups in total. The number of likely N-dealkylation sites (tertiary alicyclic amines) is 1. The normalized spacial score (nSPS) is 17.2. The van der Waals surface area contributed by atoms with E-state index < -0.39 is 0 Å². The molecular weight excluding hydrogens is 316 g/mol. The van der Waals surface area contributed by atoms with Gasteiger partial charge in [-0.15, -0.1) is 0 Å². The summed E-state index contributed by atoms with van der Waals surface area (Å²) in [5, 5.41) is 12.5. The van der Waals surface area contributed by atoms with Gasteiger partial charge in [-0.2, -0.15) is 0 Å². The number of carbonyl (C=O) groups excluding carboxylic acids is 2. The number of aliphatic hydroxyl groups excluding tert-OH is 1. The Hall–Kier alpha value is -1.88. The Bertz CT molecular complexity index is 576. The fourth-order valence-electron chi connectivity index (χ4n) is 3.45. The van der Waals surface area contributed by atoms with Crippen LogP contribution in [0.1, 0.15) is 50.4 Å². The molecule has 25 heavy (non-hydrogen) atoms. The molecule has 5 nitrogen and oxygen atoms in total. The third kappa shape index (κ3) is 5.85. The summed E-state index contributed by atoms with van der Waals surface area (Å²) < 4.78 is 0. The zero-order valence-electron chi connectivity index (χ0n) is 15.5. The molecule has 2 rings (SSSR count). The molecule has 0 saturated carbocycles. The van der Waals surface area contributed by atoms with Gasteiger partial charge < -0.3 is 15.3 Å². The van der Waals surface area contributed by atoms with E-state index in [9.17, 15) is 14.7 Å². The molecule has 0 aromatic heterocycles. The van der Waals surface area contributed by atoms with Gasteiger partial charge in [-0.3, -0.25) is 9.59 Å². The second-order valence-corrected chi connectivity index (χ2v) is 7.87. The molecule has 1 fully saturated rings. The van der Waals surface area contributed by atoms with Crippen molar-refractivity contribution in [1.82, 2.24) is 10.2 Å². The van der Waals surface area contributed by atoms with Crippen LogP contribution >= 0.6 is 0 Å². The third-order valence-electron chi connectivity index (χ3n) is 4.76. The number of piperidine rings is 1. The Morgan fingerprint density at radius 3 is 2.40 bits per heavy atom. The summed E-state index contributed by atoms with van der Waals surface area (Å²) >= 11 is 0. The molecule has 5 heteroatoms. The molecule has 1 atom stereocenters. The minimum absolute atomic E-state index is 0.0394. The molecule has 0 spiro atoms. The zero-order chi connectivity index (χ0) is 18.4. The lowest BCUT2D eigenvalue weighted by Gasteiger charge is -2.32. The van der Waals surface area contributed by atoms with Crippen LogP contribution in [0.4, 0.5) is 0 Å². The molecule has 1 aliphatic heterocycles. The van der Waals surface area contributed by atoms with Crippen LogP contribution in [0.15, 0.2) is 30.3 Å². The Labute approximate surface area is 150 Å². The van der Waals surface area contributed by atoms with Crippen LogP contribution < -0.4 is 5.32 Å². The van der Waals surface area contributed by atoms with Crippen molar-refractivity contribution in [3.05, 3.63) is 35.9 Å². The molecule has 1 aromatic rings. The average molecular weight is 346 g/mol. The van der Waals surface area contributed by atoms with Gasteiger partial charge in [0.05, 0.1) is 6.10 Å². The van der Waals surface area contributed by atoms with Crippen molar-refractivity contribution in [2.75, 3.05) is 19.6 Å². The fraction of sp³-hybridized carbons (Fsp3) is 0.600. The molecule has 0 aliphatic carbocycles. The van der Waals surface area contributed by atoms with E-state index in [1.165, 1.54) is 0 Å². The van der Waals surface area contributed by atoms with Gasteiger partial charge in [-0.1, -0.05) is 32.0 Å². The summed E-state index contributed by atoms with van der Waals surface area (Å²) in [5.41, 5.74) is 0.568. The summed E-state index contributed by atoms with van der Waals surface area (Å²) in [6.45, 7) is 7.64. The lowest BCUT2D eigenvalue weighted by atomic mass is 9.86. The number of hydrogen-bond donors (Lipinski definition) is 2. The van der Waals surface area contributed by atoms with E-state index in [0.717, 1.165) is 0 Å². The third-order valence-corrected chi connectivity index (χ3v) is 4.76. The topological polar surface area (TPSA) is 69.6 Å². The highest BCUT2D eigenvalue weighted by molar-refractivity contribution is 5.94. The lowest BCUT2D eigenvalue weighted by molar-refractivity contribution is -0.126. The molecular formula is C20H30N2O3. The first-order valence-corrected chi connectivity index (χ1v) is 9.08. The van der Waals surface area contributed by atoms with Gasteiger partial charge in [0, 0.05) is 31.1 Å². The summed E-state index contributed by atoms with van der Waals surface area (Å²) in [5.74, 6) is 0.0603. The average Bonchev–Trinajstić information content (AvgIpc) is 2.59. The smallest absolute Gasteiger partial charge is 0.253 e. The standard InChI is InChI=1S/C20H30N2O3/c1-15(23)13-20(2,3)14-21-18(24)16-9-11-22(12-10-16)19(25)17-7-5-4-6-8-17/h4-8,15-16,23H,9-14H2,1-3H3,(H,21,24). The maximum atomic E-state index is 12.4. The highest BCUT2D eigenvalue weighted by atomic mass is 16.3. The van der Waals surface area contributed by atoms with Gasteiger partial charge in [-0.05, 0) is 43.7 Å². The van der Waals surface area contributed by atoms with Crippen LogP contribution in [-0.2, 0) is 4.79 Å². The molecule has 0 bridgehead atoms. The number of benzene rings is 1. The van der Waals surface area contributed by atoms with Gasteiger partial charge in [0.1, 0.15) is 0 Å². The number of carbonyl (C=O) groups is 2. The van der Waals surface area contributed by atoms with E-state index in [-0.39, 0.29) is 29.3 Å². The molecule has 1 heterocycles. The quantitative estimate of drug-likeness (QED) is 0.831. The first-order valence-electron chi connectivity index (χ1n) is 9.08. The number of aliphatic hydroxyl groups is 1. The molecule has 0 radical (unpaired) electrons. The highest BCUT2D eigenvalue weighted by Gasteiger charge is 2.29. The first kappa shape index (κ1) is 19.4. The lowest BCUT2D eigenvalue weighted by Crippen LogP contribution is -2.44. The van der Waals surface area contributed by atoms with Crippen LogP contribution in [-0.4, -0.2) is 47.6 Å². The van der Waals surface area contributed by atoms with E-state index in [1.54, 1.807) is 6.92 Å². The number of hydrogen-bond acceptors (Lipinski definition) is 3. The first-order chi connectivity index (χ1) is 11.8. The van der Waals surface area contributed by atoms with Crippen molar-refractivity contribution < 1.29 is 14.7 Å². The van der Waals surface area contributed by atoms with E-state index in [2.05, 4.69) is 5.32 Å². The molecule has 1 saturated heterocycles. The molecule has 138 valence electrons. The monoisotopic (exact) mass is 346 g/mol. The van der Waals surface area contributed by atoms with Gasteiger partial charge in [0.2, 0.25) is 5.91 Å². The van der Waals surface area contributed by atoms with Crippen LogP contribution in [0, 0.1) is 11.3 Å². The molecule has 1 unspecified atom stereocenters. The van der Waals surface area contributed by atoms with E-state index in [0.29, 0.717) is 44.5 Å². The van der Waals surface area contributed by atoms with Crippen LogP contribution in [0.5, 0.6) is 0 Å². The number of nitrogens with one attached hydrogen (secondary N) is 1. The number of rotatable bonds is 6. The second-order valence-electron chi connectivity index (χ2n) is 7.87.